The Hall–Kier alpha value is -0.120. The summed E-state index contributed by atoms with van der Waals surface area (Å²) in [6.45, 7) is 2.31. The number of aryl methyl sites for hydroxylation is 1. The fourth-order valence-corrected chi connectivity index (χ4v) is 4.05. The van der Waals surface area contributed by atoms with Gasteiger partial charge in [0.25, 0.3) is 0 Å². The summed E-state index contributed by atoms with van der Waals surface area (Å²) in [4.78, 5) is 4.78. The summed E-state index contributed by atoms with van der Waals surface area (Å²) in [7, 11) is 1.83. The molecule has 1 heterocycles. The van der Waals surface area contributed by atoms with Gasteiger partial charge in [-0.25, -0.2) is 4.98 Å². The highest BCUT2D eigenvalue weighted by Crippen LogP contribution is 2.43. The Morgan fingerprint density at radius 1 is 1.61 bits per heavy atom. The van der Waals surface area contributed by atoms with E-state index in [1.807, 2.05) is 7.11 Å². The number of hydrogen-bond acceptors (Lipinski definition) is 3. The van der Waals surface area contributed by atoms with Gasteiger partial charge in [0.05, 0.1) is 5.69 Å². The Morgan fingerprint density at radius 2 is 2.44 bits per heavy atom. The number of nitrogens with zero attached hydrogens (tertiary/aromatic N) is 1. The van der Waals surface area contributed by atoms with Crippen molar-refractivity contribution in [1.82, 2.24) is 4.98 Å². The van der Waals surface area contributed by atoms with Crippen LogP contribution in [0.3, 0.4) is 0 Å². The summed E-state index contributed by atoms with van der Waals surface area (Å²) in [5.41, 5.74) is 1.05. The van der Waals surface area contributed by atoms with E-state index in [-0.39, 0.29) is 5.60 Å². The Kier molecular flexibility index (Phi) is 5.05. The summed E-state index contributed by atoms with van der Waals surface area (Å²) in [5.74, 6) is 1.44. The van der Waals surface area contributed by atoms with Gasteiger partial charge < -0.3 is 4.74 Å². The third-order valence-electron chi connectivity index (χ3n) is 3.85. The second-order valence-electron chi connectivity index (χ2n) is 5.34. The second kappa shape index (κ2) is 6.36. The van der Waals surface area contributed by atoms with Crippen LogP contribution in [0.25, 0.3) is 0 Å². The van der Waals surface area contributed by atoms with Gasteiger partial charge in [0.1, 0.15) is 10.6 Å². The van der Waals surface area contributed by atoms with Crippen molar-refractivity contribution < 1.29 is 4.74 Å². The van der Waals surface area contributed by atoms with Crippen LogP contribution >= 0.6 is 22.9 Å². The Labute approximate surface area is 119 Å². The fourth-order valence-electron chi connectivity index (χ4n) is 2.85. The van der Waals surface area contributed by atoms with Crippen molar-refractivity contribution in [2.45, 2.75) is 51.0 Å². The van der Waals surface area contributed by atoms with Gasteiger partial charge in [0.2, 0.25) is 0 Å². The van der Waals surface area contributed by atoms with Gasteiger partial charge in [-0.2, -0.15) is 0 Å². The lowest BCUT2D eigenvalue weighted by Crippen LogP contribution is -2.34. The minimum atomic E-state index is -0.123. The molecule has 2 rings (SSSR count). The molecule has 2 nitrogen and oxygen atoms in total. The molecule has 2 atom stereocenters. The Morgan fingerprint density at radius 3 is 3.11 bits per heavy atom. The van der Waals surface area contributed by atoms with Gasteiger partial charge in [-0.15, -0.1) is 22.9 Å². The maximum Gasteiger partial charge on any atom is 0.125 e. The first-order valence-corrected chi connectivity index (χ1v) is 8.17. The summed E-state index contributed by atoms with van der Waals surface area (Å²) in [5, 5.41) is 3.34. The van der Waals surface area contributed by atoms with Gasteiger partial charge in [-0.3, -0.25) is 0 Å². The number of rotatable bonds is 5. The van der Waals surface area contributed by atoms with E-state index >= 15 is 0 Å². The Balaban J connectivity index is 2.13. The average Bonchev–Trinajstić information content (AvgIpc) is 2.85. The molecule has 1 aromatic heterocycles. The van der Waals surface area contributed by atoms with Crippen molar-refractivity contribution in [1.29, 1.82) is 0 Å². The molecular formula is C14H22ClNOS. The molecule has 1 aliphatic carbocycles. The van der Waals surface area contributed by atoms with Gasteiger partial charge >= 0.3 is 0 Å². The van der Waals surface area contributed by atoms with Crippen molar-refractivity contribution in [3.8, 4) is 0 Å². The molecule has 0 bridgehead atoms. The zero-order chi connectivity index (χ0) is 13.0. The molecule has 102 valence electrons. The molecule has 1 saturated carbocycles. The molecular weight excluding hydrogens is 266 g/mol. The number of alkyl halides is 1. The number of aromatic nitrogens is 1. The Bertz CT molecular complexity index is 382. The predicted molar refractivity (Wildman–Crippen MR) is 77.5 cm³/mol. The first-order valence-electron chi connectivity index (χ1n) is 6.76. The van der Waals surface area contributed by atoms with Crippen LogP contribution in [0.1, 0.15) is 49.7 Å². The minimum absolute atomic E-state index is 0.123. The first-order chi connectivity index (χ1) is 8.70. The van der Waals surface area contributed by atoms with Gasteiger partial charge in [-0.05, 0) is 38.0 Å². The topological polar surface area (TPSA) is 22.1 Å². The lowest BCUT2D eigenvalue weighted by atomic mass is 9.79. The average molecular weight is 288 g/mol. The molecule has 0 aliphatic heterocycles. The van der Waals surface area contributed by atoms with Crippen LogP contribution in [0.4, 0.5) is 0 Å². The summed E-state index contributed by atoms with van der Waals surface area (Å²) in [6, 6.07) is 0. The van der Waals surface area contributed by atoms with E-state index in [0.29, 0.717) is 5.88 Å². The van der Waals surface area contributed by atoms with Crippen molar-refractivity contribution in [3.05, 3.63) is 16.1 Å². The molecule has 1 fully saturated rings. The third kappa shape index (κ3) is 3.06. The SMILES string of the molecule is COC1(c2nc(CCCCl)cs2)CCCC(C)C1. The summed E-state index contributed by atoms with van der Waals surface area (Å²) < 4.78 is 5.87. The van der Waals surface area contributed by atoms with Crippen molar-refractivity contribution >= 4 is 22.9 Å². The maximum absolute atomic E-state index is 5.87. The quantitative estimate of drug-likeness (QED) is 0.751. The number of ether oxygens (including phenoxy) is 1. The van der Waals surface area contributed by atoms with Gasteiger partial charge in [0.15, 0.2) is 0 Å². The van der Waals surface area contributed by atoms with Gasteiger partial charge in [-0.1, -0.05) is 13.3 Å². The predicted octanol–water partition coefficient (Wildman–Crippen LogP) is 4.37. The molecule has 1 aromatic rings. The highest BCUT2D eigenvalue weighted by Gasteiger charge is 2.39. The van der Waals surface area contributed by atoms with E-state index in [2.05, 4.69) is 12.3 Å². The molecule has 0 spiro atoms. The molecule has 0 aromatic carbocycles. The second-order valence-corrected chi connectivity index (χ2v) is 6.57. The van der Waals surface area contributed by atoms with Crippen LogP contribution in [0, 0.1) is 5.92 Å². The maximum atomic E-state index is 5.87. The van der Waals surface area contributed by atoms with Crippen molar-refractivity contribution in [3.63, 3.8) is 0 Å². The monoisotopic (exact) mass is 287 g/mol. The van der Waals surface area contributed by atoms with Crippen LogP contribution in [0.15, 0.2) is 5.38 Å². The molecule has 0 saturated heterocycles. The highest BCUT2D eigenvalue weighted by atomic mass is 35.5. The smallest absolute Gasteiger partial charge is 0.125 e. The highest BCUT2D eigenvalue weighted by molar-refractivity contribution is 7.09. The lowest BCUT2D eigenvalue weighted by molar-refractivity contribution is -0.0581. The molecule has 0 N–H and O–H groups in total. The summed E-state index contributed by atoms with van der Waals surface area (Å²) in [6.07, 6.45) is 6.75. The van der Waals surface area contributed by atoms with Crippen LogP contribution in [0.2, 0.25) is 0 Å². The van der Waals surface area contributed by atoms with E-state index in [1.54, 1.807) is 11.3 Å². The van der Waals surface area contributed by atoms with E-state index in [9.17, 15) is 0 Å². The fraction of sp³-hybridized carbons (Fsp3) is 0.786. The first kappa shape index (κ1) is 14.3. The van der Waals surface area contributed by atoms with Crippen molar-refractivity contribution in [2.24, 2.45) is 5.92 Å². The van der Waals surface area contributed by atoms with Gasteiger partial charge in [0, 0.05) is 18.4 Å². The van der Waals surface area contributed by atoms with Crippen LogP contribution in [0.5, 0.6) is 0 Å². The third-order valence-corrected chi connectivity index (χ3v) is 5.20. The standard InChI is InChI=1S/C14H22ClNOS/c1-11-5-3-7-14(9-11,17-2)13-16-12(10-18-13)6-4-8-15/h10-11H,3-9H2,1-2H3. The van der Waals surface area contributed by atoms with E-state index in [0.717, 1.165) is 31.6 Å². The molecule has 0 radical (unpaired) electrons. The number of thiazole rings is 1. The zero-order valence-electron chi connectivity index (χ0n) is 11.2. The number of halogens is 1. The largest absolute Gasteiger partial charge is 0.371 e. The van der Waals surface area contributed by atoms with E-state index < -0.39 is 0 Å². The number of hydrogen-bond donors (Lipinski definition) is 0. The molecule has 1 aliphatic rings. The number of methoxy groups -OCH3 is 1. The van der Waals surface area contributed by atoms with Crippen LogP contribution in [-0.2, 0) is 16.8 Å². The van der Waals surface area contributed by atoms with E-state index in [1.165, 1.54) is 23.5 Å². The normalized spacial score (nSPS) is 28.5. The lowest BCUT2D eigenvalue weighted by Gasteiger charge is -2.37. The van der Waals surface area contributed by atoms with Crippen LogP contribution in [-0.4, -0.2) is 18.0 Å². The molecule has 18 heavy (non-hydrogen) atoms. The minimum Gasteiger partial charge on any atom is -0.371 e. The zero-order valence-corrected chi connectivity index (χ0v) is 12.8. The van der Waals surface area contributed by atoms with Crippen molar-refractivity contribution in [2.75, 3.05) is 13.0 Å². The molecule has 2 unspecified atom stereocenters. The molecule has 4 heteroatoms. The molecule has 0 amide bonds. The van der Waals surface area contributed by atoms with Crippen LogP contribution < -0.4 is 0 Å². The van der Waals surface area contributed by atoms with E-state index in [4.69, 9.17) is 21.3 Å². The summed E-state index contributed by atoms with van der Waals surface area (Å²) >= 11 is 7.48.